The number of fused-ring (bicyclic) bond motifs is 2. The van der Waals surface area contributed by atoms with Crippen molar-refractivity contribution in [1.29, 1.82) is 0 Å². The van der Waals surface area contributed by atoms with Gasteiger partial charge in [-0.2, -0.15) is 8.42 Å². The molecule has 0 aliphatic carbocycles. The third kappa shape index (κ3) is 8.97. The number of likely N-dealkylation sites (N-methyl/N-ethyl adjacent to an activating group) is 1. The van der Waals surface area contributed by atoms with Gasteiger partial charge in [0.1, 0.15) is 5.75 Å². The monoisotopic (exact) mass is 714 g/mol. The van der Waals surface area contributed by atoms with Crippen LogP contribution >= 0.6 is 0 Å². The molecule has 3 amide bonds. The summed E-state index contributed by atoms with van der Waals surface area (Å²) in [7, 11) is -0.706. The molecule has 0 spiro atoms. The first kappa shape index (κ1) is 36.7. The first-order chi connectivity index (χ1) is 23.8. The number of rotatable bonds is 8. The second kappa shape index (κ2) is 16.0. The van der Waals surface area contributed by atoms with Crippen LogP contribution in [0.4, 0.5) is 16.2 Å². The predicted molar refractivity (Wildman–Crippen MR) is 185 cm³/mol. The lowest BCUT2D eigenvalue weighted by Crippen LogP contribution is -2.48. The molecule has 0 unspecified atom stereocenters. The van der Waals surface area contributed by atoms with Crippen LogP contribution in [0.1, 0.15) is 50.4 Å². The molecule has 3 heterocycles. The first-order valence-corrected chi connectivity index (χ1v) is 18.1. The van der Waals surface area contributed by atoms with E-state index in [-0.39, 0.29) is 60.8 Å². The number of urea groups is 1. The van der Waals surface area contributed by atoms with Crippen LogP contribution in [0.25, 0.3) is 0 Å². The fourth-order valence-corrected chi connectivity index (χ4v) is 6.76. The summed E-state index contributed by atoms with van der Waals surface area (Å²) in [5.41, 5.74) is 0.845. The molecular weight excluding hydrogens is 668 g/mol. The fraction of sp³-hybridized carbons (Fsp3) is 0.500. The van der Waals surface area contributed by atoms with Crippen LogP contribution in [0.3, 0.4) is 0 Å². The molecule has 272 valence electrons. The Balaban J connectivity index is 1.38. The number of benzene rings is 2. The normalized spacial score (nSPS) is 20.6. The van der Waals surface area contributed by atoms with E-state index in [1.54, 1.807) is 51.4 Å². The summed E-state index contributed by atoms with van der Waals surface area (Å²) in [6.45, 7) is 6.21. The van der Waals surface area contributed by atoms with E-state index in [0.29, 0.717) is 36.0 Å². The Labute approximate surface area is 292 Å². The van der Waals surface area contributed by atoms with Gasteiger partial charge >= 0.3 is 6.03 Å². The molecule has 0 saturated heterocycles. The molecule has 1 aromatic heterocycles. The highest BCUT2D eigenvalue weighted by atomic mass is 32.2. The Hall–Kier alpha value is -4.54. The maximum absolute atomic E-state index is 14.4. The van der Waals surface area contributed by atoms with Gasteiger partial charge in [-0.05, 0) is 63.4 Å². The zero-order chi connectivity index (χ0) is 36.0. The van der Waals surface area contributed by atoms with Crippen molar-refractivity contribution in [3.8, 4) is 17.2 Å². The van der Waals surface area contributed by atoms with Crippen molar-refractivity contribution in [2.45, 2.75) is 63.3 Å². The zero-order valence-electron chi connectivity index (χ0n) is 29.0. The average molecular weight is 715 g/mol. The number of aliphatic hydroxyl groups excluding tert-OH is 1. The predicted octanol–water partition coefficient (Wildman–Crippen LogP) is 3.91. The number of amides is 3. The van der Waals surface area contributed by atoms with Crippen molar-refractivity contribution < 1.29 is 42.1 Å². The van der Waals surface area contributed by atoms with Crippen LogP contribution in [0.2, 0.25) is 0 Å². The van der Waals surface area contributed by atoms with Gasteiger partial charge < -0.3 is 43.7 Å². The highest BCUT2D eigenvalue weighted by molar-refractivity contribution is 7.92. The second-order valence-electron chi connectivity index (χ2n) is 12.9. The lowest BCUT2D eigenvalue weighted by atomic mass is 10.0. The molecule has 5 rings (SSSR count). The number of anilines is 2. The summed E-state index contributed by atoms with van der Waals surface area (Å²) in [6, 6.07) is 8.78. The number of aliphatic hydroxyl groups is 1. The highest BCUT2D eigenvalue weighted by Gasteiger charge is 2.31. The van der Waals surface area contributed by atoms with Gasteiger partial charge in [-0.15, -0.1) is 0 Å². The Morgan fingerprint density at radius 1 is 1.10 bits per heavy atom. The van der Waals surface area contributed by atoms with E-state index in [1.807, 2.05) is 13.8 Å². The second-order valence-corrected chi connectivity index (χ2v) is 14.5. The van der Waals surface area contributed by atoms with Gasteiger partial charge in [-0.1, -0.05) is 6.92 Å². The lowest BCUT2D eigenvalue weighted by Gasteiger charge is -2.35. The van der Waals surface area contributed by atoms with E-state index in [4.69, 9.17) is 18.9 Å². The molecule has 0 radical (unpaired) electrons. The van der Waals surface area contributed by atoms with Crippen molar-refractivity contribution in [2.75, 3.05) is 50.2 Å². The largest absolute Gasteiger partial charge is 0.490 e. The number of aromatic nitrogens is 2. The highest BCUT2D eigenvalue weighted by Crippen LogP contribution is 2.34. The molecule has 4 atom stereocenters. The molecule has 50 heavy (non-hydrogen) atoms. The van der Waals surface area contributed by atoms with Gasteiger partial charge in [-0.3, -0.25) is 9.52 Å². The van der Waals surface area contributed by atoms with Crippen molar-refractivity contribution in [3.05, 3.63) is 54.5 Å². The molecule has 2 aliphatic rings. The van der Waals surface area contributed by atoms with Gasteiger partial charge in [0.2, 0.25) is 6.79 Å². The maximum Gasteiger partial charge on any atom is 0.321 e. The van der Waals surface area contributed by atoms with Crippen LogP contribution in [0, 0.1) is 5.92 Å². The summed E-state index contributed by atoms with van der Waals surface area (Å²) in [4.78, 5) is 34.6. The molecule has 0 bridgehead atoms. The molecular formula is C34H46N6O9S. The number of nitrogens with zero attached hydrogens (tertiary/aromatic N) is 4. The van der Waals surface area contributed by atoms with E-state index in [9.17, 15) is 23.1 Å². The van der Waals surface area contributed by atoms with E-state index in [1.165, 1.54) is 33.0 Å². The van der Waals surface area contributed by atoms with Crippen molar-refractivity contribution in [3.63, 3.8) is 0 Å². The first-order valence-electron chi connectivity index (χ1n) is 16.6. The Morgan fingerprint density at radius 3 is 2.58 bits per heavy atom. The van der Waals surface area contributed by atoms with E-state index in [2.05, 4.69) is 15.0 Å². The van der Waals surface area contributed by atoms with Crippen molar-refractivity contribution >= 4 is 33.3 Å². The maximum atomic E-state index is 14.4. The summed E-state index contributed by atoms with van der Waals surface area (Å²) < 4.78 is 53.6. The number of aryl methyl sites for hydroxylation is 1. The molecule has 16 heteroatoms. The fourth-order valence-electron chi connectivity index (χ4n) is 5.73. The Bertz CT molecular complexity index is 1770. The standard InChI is InChI=1S/C34H46N6O9S/c1-22-16-40(23(2)19-41)33(42)27-14-26(37-50(44,45)32-18-38(4)20-35-32)10-11-28(27)49-24(3)8-6-7-13-46-31(22)17-39(5)34(43)36-25-9-12-29-30(15-25)48-21-47-29/h9-12,14-15,18,20,22-24,31,37,41H,6-8,13,16-17,19,21H2,1-5H3,(H,36,43)/t22-,23-,24-,31+/m0/s1. The number of sulfonamides is 1. The number of hydrogen-bond donors (Lipinski definition) is 3. The van der Waals surface area contributed by atoms with Crippen LogP contribution in [-0.4, -0.2) is 103 Å². The molecule has 2 aromatic carbocycles. The molecule has 2 aliphatic heterocycles. The van der Waals surface area contributed by atoms with Gasteiger partial charge in [-0.25, -0.2) is 9.78 Å². The van der Waals surface area contributed by atoms with E-state index >= 15 is 0 Å². The van der Waals surface area contributed by atoms with Gasteiger partial charge in [0.05, 0.1) is 36.7 Å². The molecule has 0 fully saturated rings. The zero-order valence-corrected chi connectivity index (χ0v) is 29.8. The molecule has 15 nitrogen and oxygen atoms in total. The van der Waals surface area contributed by atoms with Crippen LogP contribution in [0.5, 0.6) is 17.2 Å². The number of hydrogen-bond acceptors (Lipinski definition) is 10. The SMILES string of the molecule is C[C@H]1CCCCO[C@H](CN(C)C(=O)Nc2ccc3c(c2)OCO3)[C@@H](C)CN([C@@H](C)CO)C(=O)c2cc(NS(=O)(=O)c3cn(C)cn3)ccc2O1. The van der Waals surface area contributed by atoms with Crippen LogP contribution in [0.15, 0.2) is 53.9 Å². The number of ether oxygens (including phenoxy) is 4. The van der Waals surface area contributed by atoms with Gasteiger partial charge in [0.15, 0.2) is 16.5 Å². The van der Waals surface area contributed by atoms with Gasteiger partial charge in [0.25, 0.3) is 15.9 Å². The number of carbonyl (C=O) groups excluding carboxylic acids is 2. The summed E-state index contributed by atoms with van der Waals surface area (Å²) in [6.07, 6.45) is 4.26. The minimum absolute atomic E-state index is 0.126. The van der Waals surface area contributed by atoms with Crippen molar-refractivity contribution in [1.82, 2.24) is 19.4 Å². The van der Waals surface area contributed by atoms with Crippen LogP contribution < -0.4 is 24.2 Å². The van der Waals surface area contributed by atoms with E-state index in [0.717, 1.165) is 12.8 Å². The van der Waals surface area contributed by atoms with Crippen LogP contribution in [-0.2, 0) is 21.8 Å². The smallest absolute Gasteiger partial charge is 0.321 e. The summed E-state index contributed by atoms with van der Waals surface area (Å²) >= 11 is 0. The topological polar surface area (TPSA) is 174 Å². The molecule has 0 saturated carbocycles. The third-order valence-electron chi connectivity index (χ3n) is 8.68. The number of imidazole rings is 1. The number of nitrogens with one attached hydrogen (secondary N) is 2. The molecule has 3 N–H and O–H groups in total. The Kier molecular flexibility index (Phi) is 11.8. The summed E-state index contributed by atoms with van der Waals surface area (Å²) in [5.74, 6) is 0.723. The summed E-state index contributed by atoms with van der Waals surface area (Å²) in [5, 5.41) is 13.0. The van der Waals surface area contributed by atoms with Crippen molar-refractivity contribution in [2.24, 2.45) is 13.0 Å². The van der Waals surface area contributed by atoms with Gasteiger partial charge in [0, 0.05) is 63.3 Å². The minimum atomic E-state index is -4.04. The minimum Gasteiger partial charge on any atom is -0.490 e. The number of carbonyl (C=O) groups is 2. The molecule has 3 aromatic rings. The average Bonchev–Trinajstić information content (AvgIpc) is 3.75. The Morgan fingerprint density at radius 2 is 1.84 bits per heavy atom. The third-order valence-corrected chi connectivity index (χ3v) is 9.95. The lowest BCUT2D eigenvalue weighted by molar-refractivity contribution is -0.0115. The van der Waals surface area contributed by atoms with E-state index < -0.39 is 28.1 Å². The quantitative estimate of drug-likeness (QED) is 0.311.